The molecule has 0 bridgehead atoms. The van der Waals surface area contributed by atoms with E-state index >= 15 is 0 Å². The van der Waals surface area contributed by atoms with Crippen LogP contribution in [0, 0.1) is 17.3 Å². The SMILES string of the molecule is CC(C)C(CCO)NC(=O)CC(C)C(C)(C)C. The van der Waals surface area contributed by atoms with Crippen molar-refractivity contribution in [1.82, 2.24) is 5.32 Å². The number of hydrogen-bond acceptors (Lipinski definition) is 2. The molecule has 17 heavy (non-hydrogen) atoms. The molecule has 1 amide bonds. The molecule has 102 valence electrons. The summed E-state index contributed by atoms with van der Waals surface area (Å²) in [6.45, 7) is 12.8. The molecule has 0 heterocycles. The monoisotopic (exact) mass is 243 g/mol. The zero-order valence-electron chi connectivity index (χ0n) is 12.2. The van der Waals surface area contributed by atoms with Crippen LogP contribution in [-0.4, -0.2) is 23.7 Å². The van der Waals surface area contributed by atoms with E-state index in [1.54, 1.807) is 0 Å². The van der Waals surface area contributed by atoms with Gasteiger partial charge in [-0.05, 0) is 23.7 Å². The van der Waals surface area contributed by atoms with Crippen molar-refractivity contribution in [1.29, 1.82) is 0 Å². The van der Waals surface area contributed by atoms with Crippen molar-refractivity contribution >= 4 is 5.91 Å². The van der Waals surface area contributed by atoms with E-state index in [9.17, 15) is 4.79 Å². The Balaban J connectivity index is 4.24. The quantitative estimate of drug-likeness (QED) is 0.753. The standard InChI is InChI=1S/C14H29NO2/c1-10(2)12(7-8-16)15-13(17)9-11(3)14(4,5)6/h10-12,16H,7-9H2,1-6H3,(H,15,17). The Kier molecular flexibility index (Phi) is 6.76. The van der Waals surface area contributed by atoms with E-state index in [1.807, 2.05) is 0 Å². The van der Waals surface area contributed by atoms with Gasteiger partial charge in [-0.3, -0.25) is 4.79 Å². The Hall–Kier alpha value is -0.570. The molecule has 0 spiro atoms. The molecule has 0 aromatic heterocycles. The van der Waals surface area contributed by atoms with E-state index in [0.717, 1.165) is 0 Å². The van der Waals surface area contributed by atoms with E-state index < -0.39 is 0 Å². The number of carbonyl (C=O) groups is 1. The highest BCUT2D eigenvalue weighted by molar-refractivity contribution is 5.76. The molecule has 2 atom stereocenters. The molecule has 0 aromatic carbocycles. The fraction of sp³-hybridized carbons (Fsp3) is 0.929. The first kappa shape index (κ1) is 16.4. The van der Waals surface area contributed by atoms with Crippen LogP contribution in [0.5, 0.6) is 0 Å². The molecule has 2 unspecified atom stereocenters. The lowest BCUT2D eigenvalue weighted by molar-refractivity contribution is -0.123. The maximum atomic E-state index is 11.9. The number of amides is 1. The predicted octanol–water partition coefficient (Wildman–Crippen LogP) is 2.58. The van der Waals surface area contributed by atoms with Gasteiger partial charge in [-0.25, -0.2) is 0 Å². The van der Waals surface area contributed by atoms with Gasteiger partial charge in [-0.15, -0.1) is 0 Å². The van der Waals surface area contributed by atoms with Gasteiger partial charge in [0.25, 0.3) is 0 Å². The third-order valence-corrected chi connectivity index (χ3v) is 3.56. The molecular formula is C14H29NO2. The summed E-state index contributed by atoms with van der Waals surface area (Å²) in [5, 5.41) is 12.0. The van der Waals surface area contributed by atoms with Crippen LogP contribution in [0.1, 0.15) is 54.4 Å². The maximum Gasteiger partial charge on any atom is 0.220 e. The lowest BCUT2D eigenvalue weighted by Gasteiger charge is -2.28. The first-order chi connectivity index (χ1) is 7.68. The number of carbonyl (C=O) groups excluding carboxylic acids is 1. The summed E-state index contributed by atoms with van der Waals surface area (Å²) in [5.41, 5.74) is 0.154. The van der Waals surface area contributed by atoms with Crippen LogP contribution < -0.4 is 5.32 Å². The minimum atomic E-state index is 0.0830. The Bertz CT molecular complexity index is 231. The molecule has 0 radical (unpaired) electrons. The minimum absolute atomic E-state index is 0.0830. The van der Waals surface area contributed by atoms with Crippen LogP contribution in [0.2, 0.25) is 0 Å². The highest BCUT2D eigenvalue weighted by Gasteiger charge is 2.24. The molecule has 0 aliphatic heterocycles. The highest BCUT2D eigenvalue weighted by atomic mass is 16.3. The number of nitrogens with one attached hydrogen (secondary N) is 1. The van der Waals surface area contributed by atoms with Gasteiger partial charge >= 0.3 is 0 Å². The van der Waals surface area contributed by atoms with Gasteiger partial charge in [0.2, 0.25) is 5.91 Å². The third kappa shape index (κ3) is 6.67. The average Bonchev–Trinajstić information content (AvgIpc) is 2.15. The Morgan fingerprint density at radius 2 is 1.76 bits per heavy atom. The normalized spacial score (nSPS) is 15.8. The van der Waals surface area contributed by atoms with Gasteiger partial charge in [0, 0.05) is 19.1 Å². The van der Waals surface area contributed by atoms with Crippen molar-refractivity contribution < 1.29 is 9.90 Å². The predicted molar refractivity (Wildman–Crippen MR) is 71.7 cm³/mol. The van der Waals surface area contributed by atoms with Crippen molar-refractivity contribution in [3.63, 3.8) is 0 Å². The third-order valence-electron chi connectivity index (χ3n) is 3.56. The Morgan fingerprint density at radius 1 is 1.24 bits per heavy atom. The Labute approximate surface area is 106 Å². The summed E-state index contributed by atoms with van der Waals surface area (Å²) in [5.74, 6) is 0.806. The molecule has 0 saturated heterocycles. The van der Waals surface area contributed by atoms with E-state index in [2.05, 4.69) is 46.9 Å². The zero-order chi connectivity index (χ0) is 13.6. The van der Waals surface area contributed by atoms with E-state index in [1.165, 1.54) is 0 Å². The number of aliphatic hydroxyl groups excluding tert-OH is 1. The maximum absolute atomic E-state index is 11.9. The van der Waals surface area contributed by atoms with Gasteiger partial charge in [0.15, 0.2) is 0 Å². The second-order valence-electron chi connectivity index (χ2n) is 6.40. The molecule has 3 nitrogen and oxygen atoms in total. The summed E-state index contributed by atoms with van der Waals surface area (Å²) < 4.78 is 0. The topological polar surface area (TPSA) is 49.3 Å². The molecular weight excluding hydrogens is 214 g/mol. The van der Waals surface area contributed by atoms with Crippen molar-refractivity contribution in [3.8, 4) is 0 Å². The lowest BCUT2D eigenvalue weighted by atomic mass is 9.80. The summed E-state index contributed by atoms with van der Waals surface area (Å²) in [6.07, 6.45) is 1.19. The van der Waals surface area contributed by atoms with Gasteiger partial charge in [0.05, 0.1) is 0 Å². The fourth-order valence-electron chi connectivity index (χ4n) is 1.56. The lowest BCUT2D eigenvalue weighted by Crippen LogP contribution is -2.40. The van der Waals surface area contributed by atoms with Gasteiger partial charge < -0.3 is 10.4 Å². The molecule has 0 rings (SSSR count). The first-order valence-corrected chi connectivity index (χ1v) is 6.58. The van der Waals surface area contributed by atoms with Crippen molar-refractivity contribution in [3.05, 3.63) is 0 Å². The van der Waals surface area contributed by atoms with Crippen molar-refractivity contribution in [2.24, 2.45) is 17.3 Å². The zero-order valence-corrected chi connectivity index (χ0v) is 12.2. The smallest absolute Gasteiger partial charge is 0.220 e. The van der Waals surface area contributed by atoms with Crippen LogP contribution in [0.15, 0.2) is 0 Å². The number of rotatable bonds is 6. The summed E-state index contributed by atoms with van der Waals surface area (Å²) >= 11 is 0. The van der Waals surface area contributed by atoms with Crippen LogP contribution >= 0.6 is 0 Å². The van der Waals surface area contributed by atoms with E-state index in [0.29, 0.717) is 24.7 Å². The highest BCUT2D eigenvalue weighted by Crippen LogP contribution is 2.27. The van der Waals surface area contributed by atoms with E-state index in [-0.39, 0.29) is 24.0 Å². The Morgan fingerprint density at radius 3 is 2.12 bits per heavy atom. The molecule has 0 fully saturated rings. The first-order valence-electron chi connectivity index (χ1n) is 6.58. The molecule has 3 heteroatoms. The van der Waals surface area contributed by atoms with Crippen LogP contribution in [-0.2, 0) is 4.79 Å². The second kappa shape index (κ2) is 7.00. The van der Waals surface area contributed by atoms with Gasteiger partial charge in [0.1, 0.15) is 0 Å². The largest absolute Gasteiger partial charge is 0.396 e. The van der Waals surface area contributed by atoms with Gasteiger partial charge in [-0.2, -0.15) is 0 Å². The fourth-order valence-corrected chi connectivity index (χ4v) is 1.56. The summed E-state index contributed by atoms with van der Waals surface area (Å²) in [6, 6.07) is 0.0830. The molecule has 0 aliphatic rings. The van der Waals surface area contributed by atoms with E-state index in [4.69, 9.17) is 5.11 Å². The van der Waals surface area contributed by atoms with Crippen LogP contribution in [0.3, 0.4) is 0 Å². The summed E-state index contributed by atoms with van der Waals surface area (Å²) in [4.78, 5) is 11.9. The molecule has 0 aliphatic carbocycles. The minimum Gasteiger partial charge on any atom is -0.396 e. The summed E-state index contributed by atoms with van der Waals surface area (Å²) in [7, 11) is 0. The van der Waals surface area contributed by atoms with Crippen molar-refractivity contribution in [2.75, 3.05) is 6.61 Å². The average molecular weight is 243 g/mol. The van der Waals surface area contributed by atoms with Crippen LogP contribution in [0.4, 0.5) is 0 Å². The number of aliphatic hydroxyl groups is 1. The molecule has 2 N–H and O–H groups in total. The van der Waals surface area contributed by atoms with Gasteiger partial charge in [-0.1, -0.05) is 41.5 Å². The second-order valence-corrected chi connectivity index (χ2v) is 6.40. The number of hydrogen-bond donors (Lipinski definition) is 2. The molecule has 0 saturated carbocycles. The molecule has 0 aromatic rings. The van der Waals surface area contributed by atoms with Crippen molar-refractivity contribution in [2.45, 2.75) is 60.4 Å². The van der Waals surface area contributed by atoms with Crippen LogP contribution in [0.25, 0.3) is 0 Å².